The predicted molar refractivity (Wildman–Crippen MR) is 92.3 cm³/mol. The van der Waals surface area contributed by atoms with E-state index < -0.39 is 0 Å². The molecular weight excluding hydrogens is 325 g/mol. The fourth-order valence-corrected chi connectivity index (χ4v) is 3.11. The fraction of sp³-hybridized carbons (Fsp3) is 0.188. The molecule has 0 fully saturated rings. The van der Waals surface area contributed by atoms with E-state index in [0.717, 1.165) is 5.75 Å². The van der Waals surface area contributed by atoms with Crippen LogP contribution in [-0.4, -0.2) is 11.2 Å². The molecule has 1 amide bonds. The number of thioether (sulfide) groups is 1. The van der Waals surface area contributed by atoms with Crippen LogP contribution in [0.4, 0.5) is 5.69 Å². The number of hydrogen-bond acceptors (Lipinski definition) is 2. The third-order valence-corrected chi connectivity index (χ3v) is 4.49. The van der Waals surface area contributed by atoms with Gasteiger partial charge in [0.05, 0.1) is 5.25 Å². The molecule has 0 heterocycles. The van der Waals surface area contributed by atoms with Gasteiger partial charge in [0.1, 0.15) is 0 Å². The number of halogens is 2. The van der Waals surface area contributed by atoms with E-state index in [0.29, 0.717) is 15.7 Å². The third-order valence-electron chi connectivity index (χ3n) is 2.84. The van der Waals surface area contributed by atoms with Crippen molar-refractivity contribution < 1.29 is 4.79 Å². The highest BCUT2D eigenvalue weighted by Crippen LogP contribution is 2.24. The lowest BCUT2D eigenvalue weighted by atomic mass is 10.2. The van der Waals surface area contributed by atoms with Crippen molar-refractivity contribution in [3.8, 4) is 0 Å². The average molecular weight is 340 g/mol. The Bertz CT molecular complexity index is 599. The summed E-state index contributed by atoms with van der Waals surface area (Å²) < 4.78 is 0. The summed E-state index contributed by atoms with van der Waals surface area (Å²) >= 11 is 13.4. The second kappa shape index (κ2) is 7.74. The molecule has 0 saturated heterocycles. The van der Waals surface area contributed by atoms with Gasteiger partial charge < -0.3 is 5.32 Å². The molecule has 2 rings (SSSR count). The number of hydrogen-bond donors (Lipinski definition) is 1. The van der Waals surface area contributed by atoms with Gasteiger partial charge in [-0.1, -0.05) is 53.5 Å². The van der Waals surface area contributed by atoms with E-state index in [4.69, 9.17) is 23.2 Å². The Morgan fingerprint density at radius 3 is 2.38 bits per heavy atom. The Labute approximate surface area is 138 Å². The van der Waals surface area contributed by atoms with Gasteiger partial charge in [-0.2, -0.15) is 0 Å². The summed E-state index contributed by atoms with van der Waals surface area (Å²) in [5, 5.41) is 3.67. The molecule has 0 aromatic heterocycles. The summed E-state index contributed by atoms with van der Waals surface area (Å²) in [4.78, 5) is 12.1. The number of anilines is 1. The first kappa shape index (κ1) is 16.2. The lowest BCUT2D eigenvalue weighted by Gasteiger charge is -2.12. The molecule has 21 heavy (non-hydrogen) atoms. The van der Waals surface area contributed by atoms with E-state index in [1.807, 2.05) is 37.3 Å². The summed E-state index contributed by atoms with van der Waals surface area (Å²) in [5.41, 5.74) is 1.82. The van der Waals surface area contributed by atoms with Crippen LogP contribution >= 0.6 is 35.0 Å². The topological polar surface area (TPSA) is 29.1 Å². The van der Waals surface area contributed by atoms with Crippen LogP contribution in [0.25, 0.3) is 0 Å². The first-order chi connectivity index (χ1) is 10.0. The van der Waals surface area contributed by atoms with Crippen LogP contribution in [0.2, 0.25) is 10.0 Å². The maximum absolute atomic E-state index is 12.1. The number of amides is 1. The normalized spacial score (nSPS) is 12.0. The minimum Gasteiger partial charge on any atom is -0.325 e. The average Bonchev–Trinajstić information content (AvgIpc) is 2.44. The van der Waals surface area contributed by atoms with E-state index in [-0.39, 0.29) is 11.2 Å². The molecule has 2 aromatic rings. The minimum atomic E-state index is -0.164. The van der Waals surface area contributed by atoms with Crippen LogP contribution in [0.15, 0.2) is 48.5 Å². The molecule has 1 atom stereocenters. The second-order valence-electron chi connectivity index (χ2n) is 4.59. The van der Waals surface area contributed by atoms with Gasteiger partial charge in [-0.25, -0.2) is 0 Å². The number of carbonyl (C=O) groups is 1. The van der Waals surface area contributed by atoms with Gasteiger partial charge in [-0.05, 0) is 30.7 Å². The number of nitrogens with one attached hydrogen (secondary N) is 1. The maximum Gasteiger partial charge on any atom is 0.237 e. The molecule has 1 N–H and O–H groups in total. The number of rotatable bonds is 5. The predicted octanol–water partition coefficient (Wildman–Crippen LogP) is 5.25. The Hall–Kier alpha value is -1.16. The van der Waals surface area contributed by atoms with E-state index >= 15 is 0 Å². The molecule has 2 aromatic carbocycles. The Morgan fingerprint density at radius 1 is 1.14 bits per heavy atom. The van der Waals surface area contributed by atoms with Crippen LogP contribution in [0, 0.1) is 0 Å². The first-order valence-electron chi connectivity index (χ1n) is 6.47. The molecule has 2 nitrogen and oxygen atoms in total. The van der Waals surface area contributed by atoms with Crippen LogP contribution in [0.3, 0.4) is 0 Å². The van der Waals surface area contributed by atoms with E-state index in [1.54, 1.807) is 30.0 Å². The summed E-state index contributed by atoms with van der Waals surface area (Å²) in [6.07, 6.45) is 0. The zero-order valence-corrected chi connectivity index (χ0v) is 13.8. The maximum atomic E-state index is 12.1. The molecule has 0 aliphatic heterocycles. The summed E-state index contributed by atoms with van der Waals surface area (Å²) in [6, 6.07) is 15.1. The Morgan fingerprint density at radius 2 is 1.76 bits per heavy atom. The molecule has 0 saturated carbocycles. The molecule has 0 unspecified atom stereocenters. The van der Waals surface area contributed by atoms with Gasteiger partial charge in [-0.3, -0.25) is 4.79 Å². The van der Waals surface area contributed by atoms with Crippen molar-refractivity contribution in [3.63, 3.8) is 0 Å². The van der Waals surface area contributed by atoms with Gasteiger partial charge in [0.15, 0.2) is 0 Å². The summed E-state index contributed by atoms with van der Waals surface area (Å²) in [6.45, 7) is 1.88. The van der Waals surface area contributed by atoms with Gasteiger partial charge in [0.2, 0.25) is 5.91 Å². The largest absolute Gasteiger partial charge is 0.325 e. The smallest absolute Gasteiger partial charge is 0.237 e. The monoisotopic (exact) mass is 339 g/mol. The van der Waals surface area contributed by atoms with Crippen LogP contribution in [-0.2, 0) is 10.5 Å². The Balaban J connectivity index is 1.90. The first-order valence-corrected chi connectivity index (χ1v) is 8.27. The van der Waals surface area contributed by atoms with Gasteiger partial charge in [0.25, 0.3) is 0 Å². The molecule has 110 valence electrons. The van der Waals surface area contributed by atoms with Crippen molar-refractivity contribution >= 4 is 46.6 Å². The second-order valence-corrected chi connectivity index (χ2v) is 6.79. The lowest BCUT2D eigenvalue weighted by Crippen LogP contribution is -2.22. The highest BCUT2D eigenvalue weighted by Gasteiger charge is 2.14. The van der Waals surface area contributed by atoms with Crippen LogP contribution in [0.1, 0.15) is 12.5 Å². The standard InChI is InChI=1S/C16H15Cl2NOS/c1-11(21-10-12-5-3-2-4-6-12)16(20)19-15-8-13(17)7-14(18)9-15/h2-9,11H,10H2,1H3,(H,19,20)/t11-/m1/s1. The molecule has 0 bridgehead atoms. The quantitative estimate of drug-likeness (QED) is 0.805. The highest BCUT2D eigenvalue weighted by atomic mass is 35.5. The third kappa shape index (κ3) is 5.27. The molecular formula is C16H15Cl2NOS. The SMILES string of the molecule is C[C@@H](SCc1ccccc1)C(=O)Nc1cc(Cl)cc(Cl)c1. The molecule has 0 radical (unpaired) electrons. The molecule has 0 spiro atoms. The Kier molecular flexibility index (Phi) is 5.97. The lowest BCUT2D eigenvalue weighted by molar-refractivity contribution is -0.115. The van der Waals surface area contributed by atoms with Gasteiger partial charge >= 0.3 is 0 Å². The van der Waals surface area contributed by atoms with Crippen molar-refractivity contribution in [1.29, 1.82) is 0 Å². The van der Waals surface area contributed by atoms with Crippen LogP contribution in [0.5, 0.6) is 0 Å². The van der Waals surface area contributed by atoms with E-state index in [2.05, 4.69) is 5.32 Å². The number of carbonyl (C=O) groups excluding carboxylic acids is 1. The van der Waals surface area contributed by atoms with Gasteiger partial charge in [-0.15, -0.1) is 11.8 Å². The zero-order valence-electron chi connectivity index (χ0n) is 11.5. The van der Waals surface area contributed by atoms with E-state index in [9.17, 15) is 4.79 Å². The molecule has 0 aliphatic carbocycles. The molecule has 0 aliphatic rings. The van der Waals surface area contributed by atoms with Crippen molar-refractivity contribution in [1.82, 2.24) is 0 Å². The van der Waals surface area contributed by atoms with Gasteiger partial charge in [0, 0.05) is 21.5 Å². The highest BCUT2D eigenvalue weighted by molar-refractivity contribution is 7.99. The fourth-order valence-electron chi connectivity index (χ4n) is 1.74. The summed E-state index contributed by atoms with van der Waals surface area (Å²) in [5.74, 6) is 0.736. The zero-order chi connectivity index (χ0) is 15.2. The number of benzene rings is 2. The van der Waals surface area contributed by atoms with Crippen molar-refractivity contribution in [2.75, 3.05) is 5.32 Å². The molecule has 5 heteroatoms. The van der Waals surface area contributed by atoms with E-state index in [1.165, 1.54) is 5.56 Å². The van der Waals surface area contributed by atoms with Crippen LogP contribution < -0.4 is 5.32 Å². The minimum absolute atomic E-state index is 0.0609. The summed E-state index contributed by atoms with van der Waals surface area (Å²) in [7, 11) is 0. The van der Waals surface area contributed by atoms with Crippen molar-refractivity contribution in [2.45, 2.75) is 17.9 Å². The van der Waals surface area contributed by atoms with Crippen molar-refractivity contribution in [3.05, 3.63) is 64.1 Å². The van der Waals surface area contributed by atoms with Crippen molar-refractivity contribution in [2.24, 2.45) is 0 Å².